The molecule has 3 unspecified atom stereocenters. The maximum atomic E-state index is 12.8. The van der Waals surface area contributed by atoms with Gasteiger partial charge in [-0.2, -0.15) is 0 Å². The highest BCUT2D eigenvalue weighted by molar-refractivity contribution is 7.47. The van der Waals surface area contributed by atoms with Crippen LogP contribution in [0.3, 0.4) is 0 Å². The number of aliphatic hydroxyl groups excluding tert-OH is 1. The number of unbranched alkanes of at least 4 members (excludes halogenated alkanes) is 23. The zero-order chi connectivity index (χ0) is 41.8. The van der Waals surface area contributed by atoms with Crippen LogP contribution in [0.2, 0.25) is 0 Å². The summed E-state index contributed by atoms with van der Waals surface area (Å²) in [6.07, 6.45) is 55.7. The normalized spacial score (nSPS) is 14.5. The van der Waals surface area contributed by atoms with Gasteiger partial charge in [-0.3, -0.25) is 13.8 Å². The molecule has 0 saturated heterocycles. The van der Waals surface area contributed by atoms with Crippen molar-refractivity contribution in [1.29, 1.82) is 0 Å². The summed E-state index contributed by atoms with van der Waals surface area (Å²) in [7, 11) is -4.35. The summed E-state index contributed by atoms with van der Waals surface area (Å²) < 4.78 is 22.1. The number of phosphoric ester groups is 1. The minimum absolute atomic E-state index is 0.0700. The second-order valence-corrected chi connectivity index (χ2v) is 17.0. The van der Waals surface area contributed by atoms with Crippen LogP contribution in [-0.2, 0) is 18.4 Å². The monoisotopic (exact) mass is 821 g/mol. The summed E-state index contributed by atoms with van der Waals surface area (Å²) >= 11 is 0. The number of hydrogen-bond acceptors (Lipinski definition) is 6. The standard InChI is InChI=1S/C48H89N2O6P/c1-3-5-7-9-11-13-15-17-19-21-22-23-24-26-27-29-31-33-35-37-39-41-47(51)46(45-56-57(53,54)55-44-43-49)50-48(52)42-40-38-36-34-32-30-28-25-20-18-16-14-12-10-8-6-4-2/h6,8,12,14,18,20,31,33,39,41,46-47,51H,3-5,7,9-11,13,15-17,19,21-30,32,34-38,40,42-45,49H2,1-2H3,(H,50,52)(H,53,54)/b8-6-,14-12-,20-18-,33-31+,41-39+. The maximum Gasteiger partial charge on any atom is 0.472 e. The van der Waals surface area contributed by atoms with E-state index in [4.69, 9.17) is 14.8 Å². The predicted octanol–water partition coefficient (Wildman–Crippen LogP) is 13.4. The minimum Gasteiger partial charge on any atom is -0.387 e. The van der Waals surface area contributed by atoms with Gasteiger partial charge in [0.2, 0.25) is 5.91 Å². The van der Waals surface area contributed by atoms with Gasteiger partial charge in [0.05, 0.1) is 25.4 Å². The second kappa shape index (κ2) is 43.8. The largest absolute Gasteiger partial charge is 0.472 e. The first-order valence-corrected chi connectivity index (χ1v) is 24.9. The first-order chi connectivity index (χ1) is 27.9. The average Bonchev–Trinajstić information content (AvgIpc) is 3.20. The van der Waals surface area contributed by atoms with E-state index in [1.54, 1.807) is 6.08 Å². The third-order valence-electron chi connectivity index (χ3n) is 10.1. The van der Waals surface area contributed by atoms with Crippen LogP contribution in [0, 0.1) is 0 Å². The summed E-state index contributed by atoms with van der Waals surface area (Å²) in [4.78, 5) is 22.7. The lowest BCUT2D eigenvalue weighted by molar-refractivity contribution is -0.123. The number of nitrogens with one attached hydrogen (secondary N) is 1. The van der Waals surface area contributed by atoms with E-state index in [1.165, 1.54) is 116 Å². The lowest BCUT2D eigenvalue weighted by Crippen LogP contribution is -2.45. The third kappa shape index (κ3) is 42.1. The number of nitrogens with two attached hydrogens (primary N) is 1. The molecule has 5 N–H and O–H groups in total. The first kappa shape index (κ1) is 55.2. The topological polar surface area (TPSA) is 131 Å². The summed E-state index contributed by atoms with van der Waals surface area (Å²) in [5.41, 5.74) is 5.38. The lowest BCUT2D eigenvalue weighted by atomic mass is 10.0. The molecule has 0 aliphatic rings. The van der Waals surface area contributed by atoms with Crippen LogP contribution in [0.5, 0.6) is 0 Å². The lowest BCUT2D eigenvalue weighted by Gasteiger charge is -2.23. The van der Waals surface area contributed by atoms with Gasteiger partial charge in [-0.25, -0.2) is 4.57 Å². The van der Waals surface area contributed by atoms with Crippen molar-refractivity contribution in [2.75, 3.05) is 19.8 Å². The second-order valence-electron chi connectivity index (χ2n) is 15.6. The summed E-state index contributed by atoms with van der Waals surface area (Å²) in [5, 5.41) is 13.7. The Balaban J connectivity index is 4.23. The average molecular weight is 821 g/mol. The number of amides is 1. The predicted molar refractivity (Wildman–Crippen MR) is 244 cm³/mol. The van der Waals surface area contributed by atoms with Gasteiger partial charge >= 0.3 is 7.82 Å². The molecule has 1 amide bonds. The van der Waals surface area contributed by atoms with Crippen molar-refractivity contribution >= 4 is 13.7 Å². The summed E-state index contributed by atoms with van der Waals surface area (Å²) in [6, 6.07) is -0.885. The highest BCUT2D eigenvalue weighted by Crippen LogP contribution is 2.43. The molecule has 0 aliphatic heterocycles. The molecule has 332 valence electrons. The summed E-state index contributed by atoms with van der Waals surface area (Å²) in [6.45, 7) is 4.00. The molecular formula is C48H89N2O6P. The fourth-order valence-corrected chi connectivity index (χ4v) is 7.33. The number of rotatable bonds is 43. The Kier molecular flexibility index (Phi) is 42.4. The Morgan fingerprint density at radius 3 is 1.56 bits per heavy atom. The molecule has 8 nitrogen and oxygen atoms in total. The van der Waals surface area contributed by atoms with E-state index in [0.29, 0.717) is 6.42 Å². The number of hydrogen-bond donors (Lipinski definition) is 4. The fourth-order valence-electron chi connectivity index (χ4n) is 6.57. The molecule has 0 heterocycles. The van der Waals surface area contributed by atoms with Crippen LogP contribution >= 0.6 is 7.82 Å². The molecule has 0 aromatic heterocycles. The van der Waals surface area contributed by atoms with E-state index in [0.717, 1.165) is 70.6 Å². The van der Waals surface area contributed by atoms with E-state index < -0.39 is 20.0 Å². The molecule has 0 aromatic rings. The van der Waals surface area contributed by atoms with Crippen molar-refractivity contribution in [2.45, 2.75) is 219 Å². The van der Waals surface area contributed by atoms with Gasteiger partial charge in [-0.15, -0.1) is 0 Å². The van der Waals surface area contributed by atoms with Gasteiger partial charge in [0, 0.05) is 13.0 Å². The van der Waals surface area contributed by atoms with Crippen LogP contribution < -0.4 is 11.1 Å². The Hall–Kier alpha value is -1.80. The Morgan fingerprint density at radius 2 is 1.04 bits per heavy atom. The van der Waals surface area contributed by atoms with Gasteiger partial charge in [0.25, 0.3) is 0 Å². The van der Waals surface area contributed by atoms with E-state index in [2.05, 4.69) is 67.8 Å². The van der Waals surface area contributed by atoms with Crippen molar-refractivity contribution in [3.05, 3.63) is 60.8 Å². The zero-order valence-electron chi connectivity index (χ0n) is 36.8. The SMILES string of the molecule is CC/C=C\C/C=C\C/C=C\CCCCCCCCCC(=O)NC(COP(=O)(O)OCCN)C(O)/C=C/CC/C=C/CCCCCCCCCCCCCCCCC. The molecule has 0 radical (unpaired) electrons. The Labute approximate surface area is 351 Å². The smallest absolute Gasteiger partial charge is 0.387 e. The number of carbonyl (C=O) groups excluding carboxylic acids is 1. The van der Waals surface area contributed by atoms with Gasteiger partial charge in [-0.1, -0.05) is 197 Å². The van der Waals surface area contributed by atoms with E-state index >= 15 is 0 Å². The molecule has 0 bridgehead atoms. The van der Waals surface area contributed by atoms with Crippen LogP contribution in [0.15, 0.2) is 60.8 Å². The van der Waals surface area contributed by atoms with Gasteiger partial charge in [-0.05, 0) is 64.2 Å². The molecule has 3 atom stereocenters. The minimum atomic E-state index is -4.35. The van der Waals surface area contributed by atoms with Crippen molar-refractivity contribution in [3.8, 4) is 0 Å². The third-order valence-corrected chi connectivity index (χ3v) is 11.1. The molecule has 0 saturated carbocycles. The van der Waals surface area contributed by atoms with E-state index in [1.807, 2.05) is 6.08 Å². The van der Waals surface area contributed by atoms with E-state index in [-0.39, 0.29) is 25.7 Å². The molecule has 0 aromatic carbocycles. The van der Waals surface area contributed by atoms with E-state index in [9.17, 15) is 19.4 Å². The zero-order valence-corrected chi connectivity index (χ0v) is 37.7. The molecule has 9 heteroatoms. The van der Waals surface area contributed by atoms with Crippen LogP contribution in [0.4, 0.5) is 0 Å². The Morgan fingerprint density at radius 1 is 0.596 bits per heavy atom. The molecule has 0 fully saturated rings. The molecule has 0 rings (SSSR count). The number of allylic oxidation sites excluding steroid dienone is 9. The Bertz CT molecular complexity index is 1080. The van der Waals surface area contributed by atoms with Gasteiger partial charge in [0.1, 0.15) is 0 Å². The maximum absolute atomic E-state index is 12.8. The number of phosphoric acid groups is 1. The number of aliphatic hydroxyl groups is 1. The molecule has 0 aliphatic carbocycles. The van der Waals surface area contributed by atoms with Gasteiger partial charge < -0.3 is 21.1 Å². The molecule has 0 spiro atoms. The first-order valence-electron chi connectivity index (χ1n) is 23.4. The van der Waals surface area contributed by atoms with Crippen LogP contribution in [0.1, 0.15) is 206 Å². The highest BCUT2D eigenvalue weighted by Gasteiger charge is 2.26. The van der Waals surface area contributed by atoms with Crippen molar-refractivity contribution in [1.82, 2.24) is 5.32 Å². The van der Waals surface area contributed by atoms with Crippen molar-refractivity contribution < 1.29 is 28.4 Å². The van der Waals surface area contributed by atoms with Gasteiger partial charge in [0.15, 0.2) is 0 Å². The fraction of sp³-hybridized carbons (Fsp3) is 0.771. The number of carbonyl (C=O) groups is 1. The highest BCUT2D eigenvalue weighted by atomic mass is 31.2. The molecular weight excluding hydrogens is 732 g/mol. The van der Waals surface area contributed by atoms with Crippen LogP contribution in [0.25, 0.3) is 0 Å². The quantitative estimate of drug-likeness (QED) is 0.0274. The summed E-state index contributed by atoms with van der Waals surface area (Å²) in [5.74, 6) is -0.215. The van der Waals surface area contributed by atoms with Crippen LogP contribution in [-0.4, -0.2) is 47.8 Å². The molecule has 57 heavy (non-hydrogen) atoms. The van der Waals surface area contributed by atoms with Crippen molar-refractivity contribution in [2.24, 2.45) is 5.73 Å². The van der Waals surface area contributed by atoms with Crippen molar-refractivity contribution in [3.63, 3.8) is 0 Å².